The second kappa shape index (κ2) is 10.4. The predicted octanol–water partition coefficient (Wildman–Crippen LogP) is 4.22. The molecule has 0 aliphatic carbocycles. The Bertz CT molecular complexity index is 1280. The number of ether oxygens (including phenoxy) is 1. The second-order valence-electron chi connectivity index (χ2n) is 8.36. The van der Waals surface area contributed by atoms with Gasteiger partial charge in [-0.15, -0.1) is 10.2 Å². The standard InChI is InChI=1S/C26H27N5O3S/c1-29-13-15-30(16-14-29)25(32)22-7-4-3-6-19(22)18-35-26-28-27-24(23-8-5-17-34-23)31(26)20-9-11-21(33-2)12-10-20/h3-12,17H,13-16,18H2,1-2H3. The van der Waals surface area contributed by atoms with E-state index in [2.05, 4.69) is 22.1 Å². The molecule has 0 bridgehead atoms. The van der Waals surface area contributed by atoms with E-state index in [0.717, 1.165) is 48.7 Å². The van der Waals surface area contributed by atoms with Crippen molar-refractivity contribution in [2.24, 2.45) is 0 Å². The molecule has 0 unspecified atom stereocenters. The van der Waals surface area contributed by atoms with Crippen LogP contribution in [0.3, 0.4) is 0 Å². The molecule has 9 heteroatoms. The molecule has 1 amide bonds. The summed E-state index contributed by atoms with van der Waals surface area (Å²) in [4.78, 5) is 17.5. The van der Waals surface area contributed by atoms with Gasteiger partial charge in [-0.3, -0.25) is 9.36 Å². The van der Waals surface area contributed by atoms with Gasteiger partial charge < -0.3 is 19.0 Å². The van der Waals surface area contributed by atoms with Crippen LogP contribution in [0.5, 0.6) is 5.75 Å². The number of carbonyl (C=O) groups excluding carboxylic acids is 1. The van der Waals surface area contributed by atoms with Crippen LogP contribution in [0.2, 0.25) is 0 Å². The molecular weight excluding hydrogens is 462 g/mol. The molecule has 1 saturated heterocycles. The van der Waals surface area contributed by atoms with E-state index in [4.69, 9.17) is 9.15 Å². The van der Waals surface area contributed by atoms with Gasteiger partial charge >= 0.3 is 0 Å². The molecule has 0 spiro atoms. The maximum Gasteiger partial charge on any atom is 0.254 e. The quantitative estimate of drug-likeness (QED) is 0.360. The lowest BCUT2D eigenvalue weighted by Gasteiger charge is -2.32. The zero-order chi connectivity index (χ0) is 24.2. The van der Waals surface area contributed by atoms with Crippen molar-refractivity contribution in [3.05, 3.63) is 78.1 Å². The van der Waals surface area contributed by atoms with E-state index in [1.807, 2.05) is 70.1 Å². The van der Waals surface area contributed by atoms with Gasteiger partial charge in [0.05, 0.1) is 19.1 Å². The SMILES string of the molecule is COc1ccc(-n2c(SCc3ccccc3C(=O)N3CCN(C)CC3)nnc2-c2ccco2)cc1. The summed E-state index contributed by atoms with van der Waals surface area (Å²) >= 11 is 1.54. The van der Waals surface area contributed by atoms with Gasteiger partial charge in [0.2, 0.25) is 5.82 Å². The van der Waals surface area contributed by atoms with Crippen LogP contribution in [0.15, 0.2) is 76.5 Å². The highest BCUT2D eigenvalue weighted by Gasteiger charge is 2.23. The Morgan fingerprint density at radius 2 is 1.77 bits per heavy atom. The Morgan fingerprint density at radius 3 is 2.49 bits per heavy atom. The first kappa shape index (κ1) is 23.2. The molecule has 35 heavy (non-hydrogen) atoms. The van der Waals surface area contributed by atoms with Crippen molar-refractivity contribution >= 4 is 17.7 Å². The molecule has 2 aromatic heterocycles. The van der Waals surface area contributed by atoms with E-state index in [0.29, 0.717) is 22.5 Å². The summed E-state index contributed by atoms with van der Waals surface area (Å²) in [5.74, 6) is 2.69. The van der Waals surface area contributed by atoms with Crippen molar-refractivity contribution in [2.75, 3.05) is 40.3 Å². The molecule has 1 aliphatic rings. The van der Waals surface area contributed by atoms with Crippen LogP contribution in [0, 0.1) is 0 Å². The zero-order valence-electron chi connectivity index (χ0n) is 19.8. The molecular formula is C26H27N5O3S. The highest BCUT2D eigenvalue weighted by atomic mass is 32.2. The summed E-state index contributed by atoms with van der Waals surface area (Å²) in [7, 11) is 3.73. The fourth-order valence-corrected chi connectivity index (χ4v) is 5.03. The van der Waals surface area contributed by atoms with Crippen molar-refractivity contribution in [3.8, 4) is 23.0 Å². The Kier molecular flexibility index (Phi) is 6.87. The summed E-state index contributed by atoms with van der Waals surface area (Å²) in [5.41, 5.74) is 2.61. The Balaban J connectivity index is 1.42. The number of amides is 1. The van der Waals surface area contributed by atoms with Crippen LogP contribution < -0.4 is 4.74 Å². The van der Waals surface area contributed by atoms with Crippen molar-refractivity contribution in [2.45, 2.75) is 10.9 Å². The number of hydrogen-bond donors (Lipinski definition) is 0. The second-order valence-corrected chi connectivity index (χ2v) is 9.30. The van der Waals surface area contributed by atoms with Gasteiger partial charge in [0.15, 0.2) is 10.9 Å². The lowest BCUT2D eigenvalue weighted by molar-refractivity contribution is 0.0663. The predicted molar refractivity (Wildman–Crippen MR) is 135 cm³/mol. The fraction of sp³-hybridized carbons (Fsp3) is 0.269. The van der Waals surface area contributed by atoms with Crippen LogP contribution >= 0.6 is 11.8 Å². The van der Waals surface area contributed by atoms with Gasteiger partial charge in [-0.1, -0.05) is 30.0 Å². The number of piperazine rings is 1. The molecule has 180 valence electrons. The molecule has 1 aliphatic heterocycles. The van der Waals surface area contributed by atoms with Gasteiger partial charge in [-0.2, -0.15) is 0 Å². The molecule has 8 nitrogen and oxygen atoms in total. The molecule has 4 aromatic rings. The maximum atomic E-state index is 13.3. The third-order valence-electron chi connectivity index (χ3n) is 6.10. The normalized spacial score (nSPS) is 14.3. The largest absolute Gasteiger partial charge is 0.497 e. The Morgan fingerprint density at radius 1 is 1.00 bits per heavy atom. The summed E-state index contributed by atoms with van der Waals surface area (Å²) in [6.45, 7) is 3.27. The number of carbonyl (C=O) groups is 1. The first-order chi connectivity index (χ1) is 17.1. The smallest absolute Gasteiger partial charge is 0.254 e. The van der Waals surface area contributed by atoms with E-state index < -0.39 is 0 Å². The molecule has 5 rings (SSSR count). The molecule has 0 radical (unpaired) electrons. The summed E-state index contributed by atoms with van der Waals surface area (Å²) in [6, 6.07) is 19.2. The summed E-state index contributed by atoms with van der Waals surface area (Å²) in [5, 5.41) is 9.59. The Labute approximate surface area is 208 Å². The van der Waals surface area contributed by atoms with E-state index in [1.165, 1.54) is 11.8 Å². The molecule has 0 N–H and O–H groups in total. The number of likely N-dealkylation sites (N-methyl/N-ethyl adjacent to an activating group) is 1. The van der Waals surface area contributed by atoms with Gasteiger partial charge in [-0.25, -0.2) is 0 Å². The number of benzene rings is 2. The minimum Gasteiger partial charge on any atom is -0.497 e. The number of thioether (sulfide) groups is 1. The minimum absolute atomic E-state index is 0.0854. The Hall–Kier alpha value is -3.56. The topological polar surface area (TPSA) is 76.6 Å². The van der Waals surface area contributed by atoms with Gasteiger partial charge in [0.25, 0.3) is 5.91 Å². The number of methoxy groups -OCH3 is 1. The highest BCUT2D eigenvalue weighted by Crippen LogP contribution is 2.31. The number of hydrogen-bond acceptors (Lipinski definition) is 7. The number of rotatable bonds is 7. The maximum absolute atomic E-state index is 13.3. The molecule has 0 saturated carbocycles. The zero-order valence-corrected chi connectivity index (χ0v) is 20.6. The summed E-state index contributed by atoms with van der Waals surface area (Å²) in [6.07, 6.45) is 1.62. The first-order valence-electron chi connectivity index (χ1n) is 11.5. The minimum atomic E-state index is 0.0854. The van der Waals surface area contributed by atoms with Crippen molar-refractivity contribution in [1.29, 1.82) is 0 Å². The average molecular weight is 490 g/mol. The average Bonchev–Trinajstić information content (AvgIpc) is 3.58. The lowest BCUT2D eigenvalue weighted by Crippen LogP contribution is -2.47. The van der Waals surface area contributed by atoms with E-state index in [-0.39, 0.29) is 5.91 Å². The van der Waals surface area contributed by atoms with Crippen LogP contribution in [0.1, 0.15) is 15.9 Å². The van der Waals surface area contributed by atoms with Crippen molar-refractivity contribution < 1.29 is 13.9 Å². The van der Waals surface area contributed by atoms with Crippen LogP contribution in [0.4, 0.5) is 0 Å². The van der Waals surface area contributed by atoms with Gasteiger partial charge in [0, 0.05) is 37.5 Å². The van der Waals surface area contributed by atoms with E-state index in [9.17, 15) is 4.79 Å². The number of furan rings is 1. The molecule has 3 heterocycles. The summed E-state index contributed by atoms with van der Waals surface area (Å²) < 4.78 is 12.9. The van der Waals surface area contributed by atoms with E-state index in [1.54, 1.807) is 13.4 Å². The van der Waals surface area contributed by atoms with Crippen LogP contribution in [-0.4, -0.2) is 70.8 Å². The van der Waals surface area contributed by atoms with Crippen molar-refractivity contribution in [1.82, 2.24) is 24.6 Å². The third kappa shape index (κ3) is 4.96. The fourth-order valence-electron chi connectivity index (χ4n) is 4.07. The monoisotopic (exact) mass is 489 g/mol. The molecule has 1 fully saturated rings. The molecule has 2 aromatic carbocycles. The highest BCUT2D eigenvalue weighted by molar-refractivity contribution is 7.98. The third-order valence-corrected chi connectivity index (χ3v) is 7.08. The van der Waals surface area contributed by atoms with Crippen LogP contribution in [0.25, 0.3) is 17.3 Å². The van der Waals surface area contributed by atoms with Crippen LogP contribution in [-0.2, 0) is 5.75 Å². The van der Waals surface area contributed by atoms with Gasteiger partial charge in [-0.05, 0) is 55.1 Å². The van der Waals surface area contributed by atoms with Gasteiger partial charge in [0.1, 0.15) is 5.75 Å². The first-order valence-corrected chi connectivity index (χ1v) is 12.4. The van der Waals surface area contributed by atoms with Crippen molar-refractivity contribution in [3.63, 3.8) is 0 Å². The van der Waals surface area contributed by atoms with E-state index >= 15 is 0 Å². The number of nitrogens with zero attached hydrogens (tertiary/aromatic N) is 5. The molecule has 0 atom stereocenters. The number of aromatic nitrogens is 3. The lowest BCUT2D eigenvalue weighted by atomic mass is 10.1.